The van der Waals surface area contributed by atoms with E-state index in [4.69, 9.17) is 0 Å². The van der Waals surface area contributed by atoms with Crippen LogP contribution in [0.15, 0.2) is 53.3 Å². The van der Waals surface area contributed by atoms with Crippen molar-refractivity contribution in [2.45, 2.75) is 26.2 Å². The van der Waals surface area contributed by atoms with Crippen LogP contribution in [0.5, 0.6) is 5.75 Å². The lowest BCUT2D eigenvalue weighted by Crippen LogP contribution is -2.37. The van der Waals surface area contributed by atoms with E-state index in [0.717, 1.165) is 30.8 Å². The number of aromatic amines is 1. The maximum absolute atomic E-state index is 12.7. The molecule has 3 N–H and O–H groups in total. The monoisotopic (exact) mass is 432 g/mol. The summed E-state index contributed by atoms with van der Waals surface area (Å²) >= 11 is 0. The van der Waals surface area contributed by atoms with Gasteiger partial charge >= 0.3 is 5.69 Å². The first-order valence-electron chi connectivity index (χ1n) is 11.0. The minimum Gasteiger partial charge on any atom is -0.508 e. The molecule has 0 spiro atoms. The van der Waals surface area contributed by atoms with Gasteiger partial charge in [-0.15, -0.1) is 0 Å². The summed E-state index contributed by atoms with van der Waals surface area (Å²) in [5.74, 6) is 0.0625. The van der Waals surface area contributed by atoms with Crippen LogP contribution < -0.4 is 11.0 Å². The van der Waals surface area contributed by atoms with Gasteiger partial charge in [-0.1, -0.05) is 18.6 Å². The molecule has 0 aliphatic carbocycles. The SMILES string of the molecule is Cc1cc(-c2cc(-c3cccc(C(=O)NCCN4CCCCC4)c3)[nH]c(=O)n2)ccc1O. The fraction of sp³-hybridized carbons (Fsp3) is 0.320. The fourth-order valence-electron chi connectivity index (χ4n) is 4.02. The first kappa shape index (κ1) is 21.8. The number of phenolic OH excluding ortho intramolecular Hbond substituents is 1. The summed E-state index contributed by atoms with van der Waals surface area (Å²) in [5.41, 5.74) is 3.32. The number of carbonyl (C=O) groups excluding carboxylic acids is 1. The van der Waals surface area contributed by atoms with Gasteiger partial charge < -0.3 is 20.3 Å². The molecule has 4 rings (SSSR count). The van der Waals surface area contributed by atoms with Crippen LogP contribution in [0.4, 0.5) is 0 Å². The number of nitrogens with one attached hydrogen (secondary N) is 2. The lowest BCUT2D eigenvalue weighted by molar-refractivity contribution is 0.0946. The van der Waals surface area contributed by atoms with E-state index < -0.39 is 5.69 Å². The summed E-state index contributed by atoms with van der Waals surface area (Å²) in [7, 11) is 0. The summed E-state index contributed by atoms with van der Waals surface area (Å²) in [6.07, 6.45) is 3.75. The largest absolute Gasteiger partial charge is 0.508 e. The van der Waals surface area contributed by atoms with Crippen LogP contribution in [-0.4, -0.2) is 52.1 Å². The summed E-state index contributed by atoms with van der Waals surface area (Å²) in [5, 5.41) is 12.8. The number of aryl methyl sites for hydroxylation is 1. The van der Waals surface area contributed by atoms with Gasteiger partial charge in [0.2, 0.25) is 0 Å². The van der Waals surface area contributed by atoms with Gasteiger partial charge in [-0.2, -0.15) is 4.98 Å². The molecule has 1 amide bonds. The zero-order valence-electron chi connectivity index (χ0n) is 18.2. The van der Waals surface area contributed by atoms with Crippen molar-refractivity contribution in [3.63, 3.8) is 0 Å². The minimum absolute atomic E-state index is 0.130. The lowest BCUT2D eigenvalue weighted by Gasteiger charge is -2.26. The van der Waals surface area contributed by atoms with Crippen LogP contribution in [0, 0.1) is 6.92 Å². The Bertz CT molecular complexity index is 1170. The Morgan fingerprint density at radius 1 is 1.09 bits per heavy atom. The second-order valence-corrected chi connectivity index (χ2v) is 8.23. The first-order chi connectivity index (χ1) is 15.5. The maximum Gasteiger partial charge on any atom is 0.345 e. The highest BCUT2D eigenvalue weighted by Gasteiger charge is 2.12. The molecule has 2 heterocycles. The van der Waals surface area contributed by atoms with Crippen molar-refractivity contribution < 1.29 is 9.90 Å². The van der Waals surface area contributed by atoms with Gasteiger partial charge in [0.15, 0.2) is 0 Å². The highest BCUT2D eigenvalue weighted by molar-refractivity contribution is 5.95. The Morgan fingerprint density at radius 3 is 2.69 bits per heavy atom. The second-order valence-electron chi connectivity index (χ2n) is 8.23. The van der Waals surface area contributed by atoms with Crippen molar-refractivity contribution in [1.82, 2.24) is 20.2 Å². The molecular formula is C25H28N4O3. The number of H-pyrrole nitrogens is 1. The standard InChI is InChI=1S/C25H28N4O3/c1-17-14-19(8-9-23(17)30)22-16-21(27-25(32)28-22)18-6-5-7-20(15-18)24(31)26-10-13-29-11-3-2-4-12-29/h5-9,14-16,30H,2-4,10-13H2,1H3,(H,26,31)(H,27,28,32). The van der Waals surface area contributed by atoms with Gasteiger partial charge in [-0.05, 0) is 80.4 Å². The Balaban J connectivity index is 1.51. The topological polar surface area (TPSA) is 98.3 Å². The smallest absolute Gasteiger partial charge is 0.345 e. The molecule has 0 radical (unpaired) electrons. The van der Waals surface area contributed by atoms with Gasteiger partial charge in [0.1, 0.15) is 5.75 Å². The van der Waals surface area contributed by atoms with Gasteiger partial charge in [0.05, 0.1) is 11.4 Å². The Labute approximate surface area is 187 Å². The first-order valence-corrected chi connectivity index (χ1v) is 11.0. The van der Waals surface area contributed by atoms with Crippen LogP contribution in [-0.2, 0) is 0 Å². The van der Waals surface area contributed by atoms with Crippen LogP contribution in [0.1, 0.15) is 35.2 Å². The molecule has 7 nitrogen and oxygen atoms in total. The number of hydrogen-bond donors (Lipinski definition) is 3. The van der Waals surface area contributed by atoms with Crippen molar-refractivity contribution in [2.24, 2.45) is 0 Å². The van der Waals surface area contributed by atoms with Crippen molar-refractivity contribution in [3.8, 4) is 28.3 Å². The highest BCUT2D eigenvalue weighted by atomic mass is 16.3. The predicted octanol–water partition coefficient (Wildman–Crippen LogP) is 3.33. The Kier molecular flexibility index (Phi) is 6.66. The number of nitrogens with zero attached hydrogens (tertiary/aromatic N) is 2. The summed E-state index contributed by atoms with van der Waals surface area (Å²) < 4.78 is 0. The van der Waals surface area contributed by atoms with Gasteiger partial charge in [0.25, 0.3) is 5.91 Å². The van der Waals surface area contributed by atoms with E-state index in [0.29, 0.717) is 29.1 Å². The van der Waals surface area contributed by atoms with Crippen molar-refractivity contribution in [2.75, 3.05) is 26.2 Å². The number of piperidine rings is 1. The number of rotatable bonds is 6. The molecule has 1 aliphatic heterocycles. The summed E-state index contributed by atoms with van der Waals surface area (Å²) in [6, 6.07) is 14.1. The van der Waals surface area contributed by atoms with Crippen molar-refractivity contribution >= 4 is 5.91 Å². The molecule has 2 aromatic carbocycles. The molecule has 0 bridgehead atoms. The average Bonchev–Trinajstić information content (AvgIpc) is 2.81. The molecule has 1 aliphatic rings. The molecule has 0 saturated carbocycles. The number of benzene rings is 2. The molecule has 1 fully saturated rings. The van der Waals surface area contributed by atoms with Crippen LogP contribution >= 0.6 is 0 Å². The third-order valence-corrected chi connectivity index (χ3v) is 5.84. The van der Waals surface area contributed by atoms with Crippen LogP contribution in [0.3, 0.4) is 0 Å². The number of aromatic nitrogens is 2. The molecule has 1 saturated heterocycles. The highest BCUT2D eigenvalue weighted by Crippen LogP contribution is 2.26. The zero-order valence-corrected chi connectivity index (χ0v) is 18.2. The van der Waals surface area contributed by atoms with Gasteiger partial charge in [-0.25, -0.2) is 4.79 Å². The molecule has 166 valence electrons. The van der Waals surface area contributed by atoms with Crippen LogP contribution in [0.25, 0.3) is 22.5 Å². The van der Waals surface area contributed by atoms with Crippen LogP contribution in [0.2, 0.25) is 0 Å². The van der Waals surface area contributed by atoms with Gasteiger partial charge in [0, 0.05) is 24.2 Å². The van der Waals surface area contributed by atoms with E-state index in [-0.39, 0.29) is 11.7 Å². The molecule has 7 heteroatoms. The quantitative estimate of drug-likeness (QED) is 0.555. The van der Waals surface area contributed by atoms with Crippen molar-refractivity contribution in [3.05, 3.63) is 70.1 Å². The van der Waals surface area contributed by atoms with E-state index in [1.165, 1.54) is 19.3 Å². The zero-order chi connectivity index (χ0) is 22.5. The summed E-state index contributed by atoms with van der Waals surface area (Å²) in [6.45, 7) is 5.46. The molecule has 0 atom stereocenters. The second kappa shape index (κ2) is 9.78. The van der Waals surface area contributed by atoms with E-state index in [1.54, 1.807) is 49.4 Å². The average molecular weight is 433 g/mol. The third-order valence-electron chi connectivity index (χ3n) is 5.84. The van der Waals surface area contributed by atoms with E-state index >= 15 is 0 Å². The molecule has 3 aromatic rings. The maximum atomic E-state index is 12.7. The molecule has 1 aromatic heterocycles. The number of phenols is 1. The molecular weight excluding hydrogens is 404 g/mol. The Hall–Kier alpha value is -3.45. The number of aromatic hydroxyl groups is 1. The lowest BCUT2D eigenvalue weighted by atomic mass is 10.0. The third kappa shape index (κ3) is 5.23. The number of carbonyl (C=O) groups is 1. The number of amides is 1. The molecule has 0 unspecified atom stereocenters. The minimum atomic E-state index is -0.473. The Morgan fingerprint density at radius 2 is 1.91 bits per heavy atom. The molecule has 32 heavy (non-hydrogen) atoms. The van der Waals surface area contributed by atoms with E-state index in [9.17, 15) is 14.7 Å². The number of likely N-dealkylation sites (tertiary alicyclic amines) is 1. The van der Waals surface area contributed by atoms with E-state index in [2.05, 4.69) is 20.2 Å². The van der Waals surface area contributed by atoms with Gasteiger partial charge in [-0.3, -0.25) is 4.79 Å². The fourth-order valence-corrected chi connectivity index (χ4v) is 4.02. The van der Waals surface area contributed by atoms with E-state index in [1.807, 2.05) is 6.07 Å². The van der Waals surface area contributed by atoms with Crippen molar-refractivity contribution in [1.29, 1.82) is 0 Å². The number of hydrogen-bond acceptors (Lipinski definition) is 5. The predicted molar refractivity (Wildman–Crippen MR) is 125 cm³/mol. The summed E-state index contributed by atoms with van der Waals surface area (Å²) in [4.78, 5) is 34.1. The normalized spacial score (nSPS) is 14.3.